The van der Waals surface area contributed by atoms with Crippen LogP contribution >= 0.6 is 11.6 Å². The average Bonchev–Trinajstić information content (AvgIpc) is 2.26. The van der Waals surface area contributed by atoms with Gasteiger partial charge < -0.3 is 0 Å². The van der Waals surface area contributed by atoms with Gasteiger partial charge in [-0.2, -0.15) is 0 Å². The van der Waals surface area contributed by atoms with E-state index in [2.05, 4.69) is 10.6 Å². The highest BCUT2D eigenvalue weighted by molar-refractivity contribution is 6.30. The Labute approximate surface area is 109 Å². The van der Waals surface area contributed by atoms with Gasteiger partial charge in [0.1, 0.15) is 5.41 Å². The first kappa shape index (κ1) is 12.6. The van der Waals surface area contributed by atoms with Crippen LogP contribution in [-0.4, -0.2) is 17.8 Å². The maximum absolute atomic E-state index is 11.8. The molecule has 1 fully saturated rings. The van der Waals surface area contributed by atoms with Crippen LogP contribution in [0.3, 0.4) is 0 Å². The molecule has 0 unspecified atom stereocenters. The predicted octanol–water partition coefficient (Wildman–Crippen LogP) is 1.25. The third kappa shape index (κ3) is 2.22. The second kappa shape index (κ2) is 4.42. The molecule has 0 saturated carbocycles. The standard InChI is InChI=1S/C12H11ClN2O3/c1-12(6-7-3-2-4-8(13)5-7)9(16)14-11(18)15-10(12)17/h2-5H,6H2,1H3,(H2,14,15,16,17,18). The molecule has 1 aliphatic heterocycles. The lowest BCUT2D eigenvalue weighted by molar-refractivity contribution is -0.143. The normalized spacial score (nSPS) is 18.2. The van der Waals surface area contributed by atoms with Crippen molar-refractivity contribution >= 4 is 29.4 Å². The van der Waals surface area contributed by atoms with E-state index in [0.29, 0.717) is 5.02 Å². The van der Waals surface area contributed by atoms with Crippen molar-refractivity contribution in [2.24, 2.45) is 5.41 Å². The number of barbiturate groups is 1. The number of benzene rings is 1. The zero-order chi connectivity index (χ0) is 13.3. The summed E-state index contributed by atoms with van der Waals surface area (Å²) >= 11 is 5.85. The van der Waals surface area contributed by atoms with E-state index in [9.17, 15) is 14.4 Å². The number of amides is 4. The molecule has 5 nitrogen and oxygen atoms in total. The van der Waals surface area contributed by atoms with Crippen molar-refractivity contribution < 1.29 is 14.4 Å². The molecule has 1 aromatic carbocycles. The van der Waals surface area contributed by atoms with Crippen molar-refractivity contribution in [1.82, 2.24) is 10.6 Å². The average molecular weight is 267 g/mol. The van der Waals surface area contributed by atoms with Crippen LogP contribution in [0.25, 0.3) is 0 Å². The van der Waals surface area contributed by atoms with E-state index in [1.165, 1.54) is 6.92 Å². The van der Waals surface area contributed by atoms with Crippen LogP contribution in [0.1, 0.15) is 12.5 Å². The number of hydrogen-bond acceptors (Lipinski definition) is 3. The molecule has 1 aromatic rings. The number of imide groups is 2. The lowest BCUT2D eigenvalue weighted by Crippen LogP contribution is -2.62. The van der Waals surface area contributed by atoms with E-state index in [0.717, 1.165) is 5.56 Å². The summed E-state index contributed by atoms with van der Waals surface area (Å²) in [6.45, 7) is 1.49. The first-order valence-corrected chi connectivity index (χ1v) is 5.71. The van der Waals surface area contributed by atoms with E-state index in [1.54, 1.807) is 24.3 Å². The minimum absolute atomic E-state index is 0.179. The van der Waals surface area contributed by atoms with Crippen LogP contribution in [0.4, 0.5) is 4.79 Å². The van der Waals surface area contributed by atoms with Crippen molar-refractivity contribution in [3.8, 4) is 0 Å². The smallest absolute Gasteiger partial charge is 0.277 e. The molecule has 2 rings (SSSR count). The van der Waals surface area contributed by atoms with Crippen LogP contribution in [0.5, 0.6) is 0 Å². The summed E-state index contributed by atoms with van der Waals surface area (Å²) in [7, 11) is 0. The second-order valence-corrected chi connectivity index (χ2v) is 4.81. The molecule has 0 aliphatic carbocycles. The quantitative estimate of drug-likeness (QED) is 0.791. The monoisotopic (exact) mass is 266 g/mol. The molecular formula is C12H11ClN2O3. The Hall–Kier alpha value is -1.88. The molecule has 0 aromatic heterocycles. The number of hydrogen-bond donors (Lipinski definition) is 2. The molecule has 6 heteroatoms. The van der Waals surface area contributed by atoms with Gasteiger partial charge in [-0.3, -0.25) is 20.2 Å². The van der Waals surface area contributed by atoms with Crippen molar-refractivity contribution in [2.75, 3.05) is 0 Å². The van der Waals surface area contributed by atoms with E-state index in [-0.39, 0.29) is 6.42 Å². The van der Waals surface area contributed by atoms with E-state index in [4.69, 9.17) is 11.6 Å². The molecule has 94 valence electrons. The van der Waals surface area contributed by atoms with Gasteiger partial charge in [-0.15, -0.1) is 0 Å². The third-order valence-electron chi connectivity index (χ3n) is 2.90. The number of carbonyl (C=O) groups is 3. The van der Waals surface area contributed by atoms with Gasteiger partial charge in [0.25, 0.3) is 0 Å². The van der Waals surface area contributed by atoms with Gasteiger partial charge in [-0.05, 0) is 31.0 Å². The number of halogens is 1. The van der Waals surface area contributed by atoms with Crippen LogP contribution in [0.2, 0.25) is 5.02 Å². The summed E-state index contributed by atoms with van der Waals surface area (Å²) in [6, 6.07) is 6.12. The van der Waals surface area contributed by atoms with Gasteiger partial charge in [0.05, 0.1) is 0 Å². The zero-order valence-corrected chi connectivity index (χ0v) is 10.4. The maximum Gasteiger partial charge on any atom is 0.328 e. The molecule has 0 bridgehead atoms. The highest BCUT2D eigenvalue weighted by atomic mass is 35.5. The third-order valence-corrected chi connectivity index (χ3v) is 3.14. The Morgan fingerprint density at radius 1 is 1.17 bits per heavy atom. The molecule has 0 radical (unpaired) electrons. The molecule has 1 heterocycles. The topological polar surface area (TPSA) is 75.3 Å². The highest BCUT2D eigenvalue weighted by Gasteiger charge is 2.46. The molecular weight excluding hydrogens is 256 g/mol. The van der Waals surface area contributed by atoms with Gasteiger partial charge in [-0.25, -0.2) is 4.79 Å². The first-order chi connectivity index (χ1) is 8.41. The van der Waals surface area contributed by atoms with E-state index >= 15 is 0 Å². The minimum Gasteiger partial charge on any atom is -0.277 e. The Kier molecular flexibility index (Phi) is 3.09. The summed E-state index contributed by atoms with van der Waals surface area (Å²) in [5.41, 5.74) is -0.553. The summed E-state index contributed by atoms with van der Waals surface area (Å²) < 4.78 is 0. The number of carbonyl (C=O) groups excluding carboxylic acids is 3. The molecule has 2 N–H and O–H groups in total. The molecule has 1 saturated heterocycles. The Balaban J connectivity index is 2.28. The van der Waals surface area contributed by atoms with Crippen molar-refractivity contribution in [1.29, 1.82) is 0 Å². The van der Waals surface area contributed by atoms with Crippen molar-refractivity contribution in [2.45, 2.75) is 13.3 Å². The fourth-order valence-electron chi connectivity index (χ4n) is 1.83. The predicted molar refractivity (Wildman–Crippen MR) is 64.9 cm³/mol. The lowest BCUT2D eigenvalue weighted by atomic mass is 9.80. The van der Waals surface area contributed by atoms with Crippen molar-refractivity contribution in [3.63, 3.8) is 0 Å². The summed E-state index contributed by atoms with van der Waals surface area (Å²) in [6.07, 6.45) is 0.179. The Morgan fingerprint density at radius 2 is 1.78 bits per heavy atom. The number of urea groups is 1. The van der Waals surface area contributed by atoms with Crippen LogP contribution in [0.15, 0.2) is 24.3 Å². The van der Waals surface area contributed by atoms with Gasteiger partial charge in [0, 0.05) is 5.02 Å². The fraction of sp³-hybridized carbons (Fsp3) is 0.250. The largest absolute Gasteiger partial charge is 0.328 e. The fourth-order valence-corrected chi connectivity index (χ4v) is 2.05. The summed E-state index contributed by atoms with van der Waals surface area (Å²) in [5.74, 6) is -1.20. The van der Waals surface area contributed by atoms with Gasteiger partial charge in [0.15, 0.2) is 0 Å². The van der Waals surface area contributed by atoms with Crippen LogP contribution in [-0.2, 0) is 16.0 Å². The molecule has 18 heavy (non-hydrogen) atoms. The highest BCUT2D eigenvalue weighted by Crippen LogP contribution is 2.26. The summed E-state index contributed by atoms with van der Waals surface area (Å²) in [5, 5.41) is 4.72. The Morgan fingerprint density at radius 3 is 2.33 bits per heavy atom. The number of rotatable bonds is 2. The van der Waals surface area contributed by atoms with Crippen LogP contribution in [0, 0.1) is 5.41 Å². The SMILES string of the molecule is CC1(Cc2cccc(Cl)c2)C(=O)NC(=O)NC1=O. The van der Waals surface area contributed by atoms with Gasteiger partial charge in [-0.1, -0.05) is 23.7 Å². The second-order valence-electron chi connectivity index (χ2n) is 4.38. The maximum atomic E-state index is 11.8. The molecule has 0 spiro atoms. The Bertz CT molecular complexity index is 522. The van der Waals surface area contributed by atoms with Gasteiger partial charge in [0.2, 0.25) is 11.8 Å². The molecule has 0 atom stereocenters. The van der Waals surface area contributed by atoms with E-state index in [1.807, 2.05) is 0 Å². The first-order valence-electron chi connectivity index (χ1n) is 5.33. The minimum atomic E-state index is -1.31. The van der Waals surface area contributed by atoms with E-state index < -0.39 is 23.3 Å². The molecule has 1 aliphatic rings. The number of nitrogens with one attached hydrogen (secondary N) is 2. The van der Waals surface area contributed by atoms with Crippen molar-refractivity contribution in [3.05, 3.63) is 34.9 Å². The molecule has 4 amide bonds. The van der Waals surface area contributed by atoms with Crippen LogP contribution < -0.4 is 10.6 Å². The van der Waals surface area contributed by atoms with Gasteiger partial charge >= 0.3 is 6.03 Å². The lowest BCUT2D eigenvalue weighted by Gasteiger charge is -2.30. The summed E-state index contributed by atoms with van der Waals surface area (Å²) in [4.78, 5) is 34.6. The zero-order valence-electron chi connectivity index (χ0n) is 9.62.